The summed E-state index contributed by atoms with van der Waals surface area (Å²) in [5.74, 6) is -2.02. The van der Waals surface area contributed by atoms with Crippen LogP contribution in [-0.2, 0) is 14.4 Å². The van der Waals surface area contributed by atoms with Crippen LogP contribution in [0.3, 0.4) is 0 Å². The number of hydrogen-bond acceptors (Lipinski definition) is 10. The number of carboxylic acid groups (broad SMARTS) is 1. The van der Waals surface area contributed by atoms with Crippen molar-refractivity contribution in [2.45, 2.75) is 51.6 Å². The number of Topliss-reactive ketones (excluding diaryl/α,β-unsaturated/α-hetero) is 1. The molecular formula is C22H34ClN7O6. The molecule has 0 spiro atoms. The Morgan fingerprint density at radius 3 is 2.61 bits per heavy atom. The van der Waals surface area contributed by atoms with Crippen LogP contribution in [0, 0.1) is 5.41 Å². The Bertz CT molecular complexity index is 1010. The first kappa shape index (κ1) is 30.7. The number of ketones is 1. The summed E-state index contributed by atoms with van der Waals surface area (Å²) in [6, 6.07) is -2.30. The maximum atomic E-state index is 13.1. The third-order valence-electron chi connectivity index (χ3n) is 5.35. The van der Waals surface area contributed by atoms with Crippen molar-refractivity contribution in [2.24, 2.45) is 5.16 Å². The minimum Gasteiger partial charge on any atom is -0.481 e. The van der Waals surface area contributed by atoms with Gasteiger partial charge in [-0.1, -0.05) is 12.1 Å². The molecule has 200 valence electrons. The van der Waals surface area contributed by atoms with E-state index in [0.29, 0.717) is 12.4 Å². The molecule has 36 heavy (non-hydrogen) atoms. The number of amides is 1. The number of carbonyl (C=O) groups excluding carboxylic acids is 2. The van der Waals surface area contributed by atoms with Crippen LogP contribution in [0.1, 0.15) is 45.6 Å². The molecule has 0 aliphatic rings. The number of carboxylic acids is 1. The summed E-state index contributed by atoms with van der Waals surface area (Å²) in [6.07, 6.45) is 3.74. The second-order valence-corrected chi connectivity index (χ2v) is 8.57. The Morgan fingerprint density at radius 2 is 2.03 bits per heavy atom. The molecule has 0 aliphatic carbocycles. The van der Waals surface area contributed by atoms with Crippen LogP contribution in [0.5, 0.6) is 0 Å². The number of nitrogens with one attached hydrogen (secondary N) is 3. The Kier molecular flexibility index (Phi) is 13.3. The molecule has 1 amide bonds. The highest BCUT2D eigenvalue weighted by Gasteiger charge is 2.29. The van der Waals surface area contributed by atoms with Crippen molar-refractivity contribution in [3.05, 3.63) is 22.7 Å². The van der Waals surface area contributed by atoms with Gasteiger partial charge >= 0.3 is 5.97 Å². The lowest BCUT2D eigenvalue weighted by Gasteiger charge is -2.24. The first-order chi connectivity index (χ1) is 17.0. The molecule has 2 atom stereocenters. The number of oxime groups is 1. The molecule has 0 fully saturated rings. The van der Waals surface area contributed by atoms with Gasteiger partial charge in [0.25, 0.3) is 5.56 Å². The maximum absolute atomic E-state index is 13.1. The average molecular weight is 528 g/mol. The Hall–Kier alpha value is -3.32. The van der Waals surface area contributed by atoms with Crippen LogP contribution in [-0.4, -0.2) is 92.5 Å². The summed E-state index contributed by atoms with van der Waals surface area (Å²) < 4.78 is 1.13. The fraction of sp³-hybridized carbons (Fsp3) is 0.591. The molecule has 0 radical (unpaired) electrons. The monoisotopic (exact) mass is 527 g/mol. The van der Waals surface area contributed by atoms with Crippen molar-refractivity contribution in [2.75, 3.05) is 37.9 Å². The van der Waals surface area contributed by atoms with Gasteiger partial charge < -0.3 is 26.4 Å². The number of aromatic nitrogens is 2. The zero-order chi connectivity index (χ0) is 27.3. The molecule has 1 heterocycles. The van der Waals surface area contributed by atoms with E-state index in [1.54, 1.807) is 18.9 Å². The Balaban J connectivity index is 3.02. The molecule has 2 unspecified atom stereocenters. The Labute approximate surface area is 214 Å². The molecule has 1 aromatic rings. The summed E-state index contributed by atoms with van der Waals surface area (Å²) in [7, 11) is 1.72. The number of anilines is 1. The van der Waals surface area contributed by atoms with Crippen LogP contribution >= 0.6 is 11.6 Å². The van der Waals surface area contributed by atoms with Gasteiger partial charge in [0.2, 0.25) is 5.91 Å². The minimum absolute atomic E-state index is 0.0525. The van der Waals surface area contributed by atoms with Crippen LogP contribution in [0.15, 0.2) is 22.3 Å². The van der Waals surface area contributed by atoms with E-state index in [0.717, 1.165) is 17.4 Å². The van der Waals surface area contributed by atoms with Crippen molar-refractivity contribution in [3.63, 3.8) is 0 Å². The predicted molar refractivity (Wildman–Crippen MR) is 136 cm³/mol. The number of unbranched alkanes of at least 4 members (excludes halogenated alkanes) is 1. The molecule has 1 aromatic heterocycles. The highest BCUT2D eigenvalue weighted by atomic mass is 35.5. The van der Waals surface area contributed by atoms with Gasteiger partial charge in [-0.05, 0) is 39.8 Å². The van der Waals surface area contributed by atoms with E-state index in [1.807, 2.05) is 0 Å². The number of rotatable bonds is 17. The summed E-state index contributed by atoms with van der Waals surface area (Å²) in [4.78, 5) is 55.8. The third-order valence-corrected chi connectivity index (χ3v) is 5.61. The van der Waals surface area contributed by atoms with Crippen LogP contribution < -0.4 is 16.2 Å². The molecule has 0 saturated heterocycles. The minimum atomic E-state index is -1.27. The largest absolute Gasteiger partial charge is 0.481 e. The van der Waals surface area contributed by atoms with Crippen LogP contribution in [0.25, 0.3) is 0 Å². The fourth-order valence-corrected chi connectivity index (χ4v) is 3.47. The van der Waals surface area contributed by atoms with E-state index in [-0.39, 0.29) is 36.8 Å². The fourth-order valence-electron chi connectivity index (χ4n) is 3.28. The van der Waals surface area contributed by atoms with Crippen molar-refractivity contribution >= 4 is 46.5 Å². The zero-order valence-electron chi connectivity index (χ0n) is 20.7. The number of likely N-dealkylation sites (N-methyl/N-ethyl adjacent to an activating group) is 1. The smallest absolute Gasteiger partial charge is 0.305 e. The van der Waals surface area contributed by atoms with Gasteiger partial charge in [-0.25, -0.2) is 4.98 Å². The van der Waals surface area contributed by atoms with Crippen molar-refractivity contribution in [1.82, 2.24) is 19.8 Å². The van der Waals surface area contributed by atoms with Crippen molar-refractivity contribution in [3.8, 4) is 0 Å². The summed E-state index contributed by atoms with van der Waals surface area (Å²) in [6.45, 7) is 3.49. The molecule has 0 saturated carbocycles. The van der Waals surface area contributed by atoms with Crippen molar-refractivity contribution in [1.29, 1.82) is 5.41 Å². The summed E-state index contributed by atoms with van der Waals surface area (Å²) >= 11 is 5.67. The number of hydrogen-bond donors (Lipinski definition) is 5. The van der Waals surface area contributed by atoms with Gasteiger partial charge in [0, 0.05) is 18.3 Å². The molecule has 1 rings (SSSR count). The van der Waals surface area contributed by atoms with E-state index in [4.69, 9.17) is 22.2 Å². The molecule has 13 nitrogen and oxygen atoms in total. The van der Waals surface area contributed by atoms with E-state index >= 15 is 0 Å². The SMILES string of the molecule is CCC(C(=O)NC(CC(=O)O)C(=O)CN(C)CCCCCl)n1ccnc(NCC(=N)/C(C)=N\O)c1=O. The second-order valence-electron chi connectivity index (χ2n) is 8.19. The van der Waals surface area contributed by atoms with Gasteiger partial charge in [-0.2, -0.15) is 0 Å². The highest BCUT2D eigenvalue weighted by Crippen LogP contribution is 2.11. The quantitative estimate of drug-likeness (QED) is 0.0645. The van der Waals surface area contributed by atoms with Gasteiger partial charge in [0.05, 0.1) is 37.0 Å². The number of carbonyl (C=O) groups is 3. The zero-order valence-corrected chi connectivity index (χ0v) is 21.4. The average Bonchev–Trinajstić information content (AvgIpc) is 2.83. The van der Waals surface area contributed by atoms with Gasteiger partial charge in [0.15, 0.2) is 11.6 Å². The standard InChI is InChI=1S/C22H34ClN7O6/c1-4-17(30-10-8-25-20(22(30)35)26-12-15(24)14(2)28-36)21(34)27-16(11-19(32)33)18(31)13-29(3)9-6-5-7-23/h8,10,16-17,24,36H,4-7,9,11-13H2,1-3H3,(H,25,26)(H,27,34)(H,32,33)/b24-15?,28-14-. The van der Waals surface area contributed by atoms with Crippen LogP contribution in [0.4, 0.5) is 5.82 Å². The maximum Gasteiger partial charge on any atom is 0.305 e. The molecule has 5 N–H and O–H groups in total. The first-order valence-electron chi connectivity index (χ1n) is 11.4. The number of alkyl halides is 1. The molecule has 0 bridgehead atoms. The van der Waals surface area contributed by atoms with E-state index in [2.05, 4.69) is 20.8 Å². The molecule has 0 aliphatic heterocycles. The topological polar surface area (TPSA) is 190 Å². The number of halogens is 1. The lowest BCUT2D eigenvalue weighted by atomic mass is 10.1. The van der Waals surface area contributed by atoms with E-state index < -0.39 is 41.7 Å². The normalized spacial score (nSPS) is 13.2. The predicted octanol–water partition coefficient (Wildman–Crippen LogP) is 0.956. The Morgan fingerprint density at radius 1 is 1.33 bits per heavy atom. The first-order valence-corrected chi connectivity index (χ1v) is 12.0. The third kappa shape index (κ3) is 9.74. The molecule has 14 heteroatoms. The lowest BCUT2D eigenvalue weighted by molar-refractivity contribution is -0.140. The van der Waals surface area contributed by atoms with E-state index in [9.17, 15) is 24.3 Å². The van der Waals surface area contributed by atoms with Gasteiger partial charge in [-0.15, -0.1) is 11.6 Å². The number of nitrogens with zero attached hydrogens (tertiary/aromatic N) is 4. The lowest BCUT2D eigenvalue weighted by Crippen LogP contribution is -2.49. The second kappa shape index (κ2) is 15.6. The number of aliphatic carboxylic acids is 1. The van der Waals surface area contributed by atoms with Crippen LogP contribution in [0.2, 0.25) is 0 Å². The summed E-state index contributed by atoms with van der Waals surface area (Å²) in [5, 5.41) is 33.9. The molecular weight excluding hydrogens is 494 g/mol. The van der Waals surface area contributed by atoms with Gasteiger partial charge in [-0.3, -0.25) is 28.6 Å². The van der Waals surface area contributed by atoms with Crippen molar-refractivity contribution < 1.29 is 24.7 Å². The van der Waals surface area contributed by atoms with Gasteiger partial charge in [0.1, 0.15) is 6.04 Å². The highest BCUT2D eigenvalue weighted by molar-refractivity contribution is 6.41. The summed E-state index contributed by atoms with van der Waals surface area (Å²) in [5.41, 5.74) is -0.657. The molecule has 0 aromatic carbocycles. The van der Waals surface area contributed by atoms with E-state index in [1.165, 1.54) is 19.3 Å².